The highest BCUT2D eigenvalue weighted by Gasteiger charge is 2.19. The van der Waals surface area contributed by atoms with Gasteiger partial charge in [0.15, 0.2) is 0 Å². The molecule has 0 radical (unpaired) electrons. The van der Waals surface area contributed by atoms with E-state index in [-0.39, 0.29) is 11.9 Å². The molecule has 27 heavy (non-hydrogen) atoms. The number of fused-ring (bicyclic) bond motifs is 1. The Morgan fingerprint density at radius 1 is 1.11 bits per heavy atom. The van der Waals surface area contributed by atoms with Crippen molar-refractivity contribution >= 4 is 22.8 Å². The van der Waals surface area contributed by atoms with Gasteiger partial charge in [-0.1, -0.05) is 30.3 Å². The molecule has 0 atom stereocenters. The van der Waals surface area contributed by atoms with Crippen LogP contribution in [0.5, 0.6) is 0 Å². The summed E-state index contributed by atoms with van der Waals surface area (Å²) >= 11 is 0. The predicted molar refractivity (Wildman–Crippen MR) is 109 cm³/mol. The van der Waals surface area contributed by atoms with Crippen LogP contribution in [0.2, 0.25) is 0 Å². The first-order valence-corrected chi connectivity index (χ1v) is 9.18. The fraction of sp³-hybridized carbons (Fsp3) is 0.286. The molecule has 2 aromatic carbocycles. The number of rotatable bonds is 6. The van der Waals surface area contributed by atoms with Crippen molar-refractivity contribution in [1.29, 1.82) is 0 Å². The summed E-state index contributed by atoms with van der Waals surface area (Å²) in [5.41, 5.74) is 10.2. The molecule has 1 aromatic heterocycles. The monoisotopic (exact) mass is 363 g/mol. The van der Waals surface area contributed by atoms with Gasteiger partial charge in [0, 0.05) is 25.0 Å². The molecular formula is C21H25N5O. The van der Waals surface area contributed by atoms with E-state index in [9.17, 15) is 4.79 Å². The van der Waals surface area contributed by atoms with Gasteiger partial charge in [-0.3, -0.25) is 4.79 Å². The number of anilines is 1. The van der Waals surface area contributed by atoms with Crippen LogP contribution in [-0.2, 0) is 6.54 Å². The minimum Gasteiger partial charge on any atom is -0.368 e. The van der Waals surface area contributed by atoms with E-state index in [4.69, 9.17) is 5.73 Å². The van der Waals surface area contributed by atoms with Crippen LogP contribution in [0, 0.1) is 0 Å². The molecule has 3 N–H and O–H groups in total. The van der Waals surface area contributed by atoms with E-state index in [1.54, 1.807) is 4.90 Å². The first kappa shape index (κ1) is 18.8. The summed E-state index contributed by atoms with van der Waals surface area (Å²) < 4.78 is 0. The fourth-order valence-electron chi connectivity index (χ4n) is 3.28. The maximum absolute atomic E-state index is 13.0. The largest absolute Gasteiger partial charge is 0.368 e. The second kappa shape index (κ2) is 8.14. The summed E-state index contributed by atoms with van der Waals surface area (Å²) in [6, 6.07) is 14.1. The number of nitrogen functional groups attached to an aromatic ring is 1. The lowest BCUT2D eigenvalue weighted by molar-refractivity contribution is 0.0769. The van der Waals surface area contributed by atoms with Crippen molar-refractivity contribution in [3.63, 3.8) is 0 Å². The molecule has 140 valence electrons. The highest BCUT2D eigenvalue weighted by atomic mass is 16.2. The van der Waals surface area contributed by atoms with Gasteiger partial charge in [0.2, 0.25) is 5.95 Å². The van der Waals surface area contributed by atoms with Gasteiger partial charge in [0.05, 0.1) is 5.52 Å². The first-order valence-electron chi connectivity index (χ1n) is 9.18. The zero-order valence-corrected chi connectivity index (χ0v) is 16.0. The van der Waals surface area contributed by atoms with Crippen molar-refractivity contribution in [2.45, 2.75) is 20.4 Å². The van der Waals surface area contributed by atoms with Crippen LogP contribution < -0.4 is 11.1 Å². The van der Waals surface area contributed by atoms with E-state index in [1.165, 1.54) is 5.56 Å². The lowest BCUT2D eigenvalue weighted by Gasteiger charge is -2.19. The van der Waals surface area contributed by atoms with Gasteiger partial charge >= 0.3 is 0 Å². The van der Waals surface area contributed by atoms with Gasteiger partial charge in [-0.2, -0.15) is 0 Å². The third-order valence-electron chi connectivity index (χ3n) is 4.66. The molecule has 0 aliphatic carbocycles. The molecule has 0 unspecified atom stereocenters. The molecule has 1 amide bonds. The zero-order valence-electron chi connectivity index (χ0n) is 16.0. The van der Waals surface area contributed by atoms with Crippen molar-refractivity contribution < 1.29 is 4.79 Å². The van der Waals surface area contributed by atoms with Crippen molar-refractivity contribution in [2.75, 3.05) is 25.9 Å². The second-order valence-corrected chi connectivity index (χ2v) is 6.33. The van der Waals surface area contributed by atoms with E-state index in [2.05, 4.69) is 27.4 Å². The minimum atomic E-state index is -0.125. The van der Waals surface area contributed by atoms with Crippen LogP contribution in [0.1, 0.15) is 29.9 Å². The minimum absolute atomic E-state index is 0.112. The molecule has 3 aromatic rings. The molecule has 6 nitrogen and oxygen atoms in total. The molecule has 3 rings (SSSR count). The molecule has 0 fully saturated rings. The topological polar surface area (TPSA) is 84.1 Å². The number of nitrogens with one attached hydrogen (secondary N) is 1. The second-order valence-electron chi connectivity index (χ2n) is 6.33. The fourth-order valence-corrected chi connectivity index (χ4v) is 3.28. The normalized spacial score (nSPS) is 10.9. The van der Waals surface area contributed by atoms with Gasteiger partial charge in [-0.05, 0) is 49.7 Å². The SMILES string of the molecule is CCN(CC)C(=O)c1nc(N)nc2ccc(-c3ccccc3CNC)cc12. The number of aromatic nitrogens is 2. The predicted octanol–water partition coefficient (Wildman–Crippen LogP) is 3.08. The molecule has 6 heteroatoms. The molecule has 0 aliphatic heterocycles. The molecule has 0 saturated carbocycles. The Kier molecular flexibility index (Phi) is 5.66. The van der Waals surface area contributed by atoms with Gasteiger partial charge in [0.25, 0.3) is 5.91 Å². The summed E-state index contributed by atoms with van der Waals surface area (Å²) in [7, 11) is 1.93. The van der Waals surface area contributed by atoms with Crippen LogP contribution in [0.15, 0.2) is 42.5 Å². The Morgan fingerprint density at radius 2 is 1.85 bits per heavy atom. The Bertz CT molecular complexity index is 966. The average molecular weight is 363 g/mol. The van der Waals surface area contributed by atoms with Crippen molar-refractivity contribution in [3.05, 3.63) is 53.7 Å². The zero-order chi connectivity index (χ0) is 19.4. The number of nitrogens with two attached hydrogens (primary N) is 1. The lowest BCUT2D eigenvalue weighted by atomic mass is 9.97. The number of hydrogen-bond acceptors (Lipinski definition) is 5. The summed E-state index contributed by atoms with van der Waals surface area (Å²) in [6.45, 7) is 5.90. The number of hydrogen-bond donors (Lipinski definition) is 2. The van der Waals surface area contributed by atoms with Crippen LogP contribution >= 0.6 is 0 Å². The van der Waals surface area contributed by atoms with Gasteiger partial charge in [-0.25, -0.2) is 9.97 Å². The number of nitrogens with zero attached hydrogens (tertiary/aromatic N) is 3. The third kappa shape index (κ3) is 3.75. The van der Waals surface area contributed by atoms with Gasteiger partial charge < -0.3 is 16.0 Å². The van der Waals surface area contributed by atoms with Gasteiger partial charge in [-0.15, -0.1) is 0 Å². The number of carbonyl (C=O) groups is 1. The highest BCUT2D eigenvalue weighted by Crippen LogP contribution is 2.28. The maximum atomic E-state index is 13.0. The highest BCUT2D eigenvalue weighted by molar-refractivity contribution is 6.05. The number of carbonyl (C=O) groups excluding carboxylic acids is 1. The average Bonchev–Trinajstić information content (AvgIpc) is 2.68. The summed E-state index contributed by atoms with van der Waals surface area (Å²) in [4.78, 5) is 23.3. The van der Waals surface area contributed by atoms with Crippen LogP contribution in [0.25, 0.3) is 22.0 Å². The Balaban J connectivity index is 2.19. The van der Waals surface area contributed by atoms with E-state index < -0.39 is 0 Å². The van der Waals surface area contributed by atoms with Crippen molar-refractivity contribution in [1.82, 2.24) is 20.2 Å². The maximum Gasteiger partial charge on any atom is 0.273 e. The number of amides is 1. The smallest absolute Gasteiger partial charge is 0.273 e. The van der Waals surface area contributed by atoms with E-state index in [1.807, 2.05) is 51.2 Å². The van der Waals surface area contributed by atoms with Crippen molar-refractivity contribution in [2.24, 2.45) is 0 Å². The Morgan fingerprint density at radius 3 is 2.56 bits per heavy atom. The quantitative estimate of drug-likeness (QED) is 0.703. The number of benzene rings is 2. The first-order chi connectivity index (χ1) is 13.1. The van der Waals surface area contributed by atoms with E-state index >= 15 is 0 Å². The van der Waals surface area contributed by atoms with E-state index in [0.29, 0.717) is 24.3 Å². The molecule has 0 aliphatic rings. The summed E-state index contributed by atoms with van der Waals surface area (Å²) in [6.07, 6.45) is 0. The lowest BCUT2D eigenvalue weighted by Crippen LogP contribution is -2.31. The van der Waals surface area contributed by atoms with E-state index in [0.717, 1.165) is 23.1 Å². The molecule has 1 heterocycles. The Labute approximate surface area is 159 Å². The molecule has 0 saturated heterocycles. The Hall–Kier alpha value is -2.99. The van der Waals surface area contributed by atoms with Crippen LogP contribution in [-0.4, -0.2) is 40.9 Å². The van der Waals surface area contributed by atoms with Crippen LogP contribution in [0.4, 0.5) is 5.95 Å². The van der Waals surface area contributed by atoms with Crippen molar-refractivity contribution in [3.8, 4) is 11.1 Å². The summed E-state index contributed by atoms with van der Waals surface area (Å²) in [5, 5.41) is 3.92. The molecule has 0 spiro atoms. The standard InChI is InChI=1S/C21H25N5O/c1-4-26(5-2)20(27)19-17-12-14(10-11-18(17)24-21(22)25-19)16-9-7-6-8-15(16)13-23-3/h6-12,23H,4-5,13H2,1-3H3,(H2,22,24,25). The van der Waals surface area contributed by atoms with Crippen LogP contribution in [0.3, 0.4) is 0 Å². The molecule has 0 bridgehead atoms. The van der Waals surface area contributed by atoms with Gasteiger partial charge in [0.1, 0.15) is 5.69 Å². The molecular weight excluding hydrogens is 338 g/mol. The summed E-state index contributed by atoms with van der Waals surface area (Å²) in [5.74, 6) is -0.0129. The third-order valence-corrected chi connectivity index (χ3v) is 4.66.